The predicted octanol–water partition coefficient (Wildman–Crippen LogP) is 2.32. The third-order valence-corrected chi connectivity index (χ3v) is 1.95. The Morgan fingerprint density at radius 3 is 2.54 bits per heavy atom. The van der Waals surface area contributed by atoms with Gasteiger partial charge in [0.25, 0.3) is 0 Å². The molecule has 1 aromatic rings. The number of nitrogens with zero attached hydrogens (tertiary/aromatic N) is 1. The molecule has 0 fully saturated rings. The maximum absolute atomic E-state index is 8.56. The van der Waals surface area contributed by atoms with Crippen LogP contribution >= 0.6 is 0 Å². The maximum atomic E-state index is 8.56. The Morgan fingerprint density at radius 2 is 2.00 bits per heavy atom. The van der Waals surface area contributed by atoms with E-state index in [1.807, 2.05) is 18.2 Å². The van der Waals surface area contributed by atoms with Crippen LogP contribution in [0.1, 0.15) is 18.1 Å². The van der Waals surface area contributed by atoms with Crippen LogP contribution in [0.25, 0.3) is 0 Å². The van der Waals surface area contributed by atoms with E-state index in [0.29, 0.717) is 6.42 Å². The van der Waals surface area contributed by atoms with E-state index < -0.39 is 0 Å². The molecular weight excluding hydrogens is 162 g/mol. The SMILES string of the molecule is CCc1cc(CC#N)cc(OC)c1. The summed E-state index contributed by atoms with van der Waals surface area (Å²) in [5, 5.41) is 8.56. The Labute approximate surface area is 78.8 Å². The van der Waals surface area contributed by atoms with Gasteiger partial charge in [-0.25, -0.2) is 0 Å². The van der Waals surface area contributed by atoms with Gasteiger partial charge in [-0.2, -0.15) is 5.26 Å². The molecule has 1 rings (SSSR count). The lowest BCUT2D eigenvalue weighted by Gasteiger charge is -2.05. The standard InChI is InChI=1S/C11H13NO/c1-3-9-6-10(4-5-12)8-11(7-9)13-2/h6-8H,3-4H2,1-2H3. The molecule has 0 spiro atoms. The highest BCUT2D eigenvalue weighted by Gasteiger charge is 1.99. The fourth-order valence-electron chi connectivity index (χ4n) is 1.24. The molecular formula is C11H13NO. The second-order valence-electron chi connectivity index (χ2n) is 2.88. The molecule has 0 aliphatic carbocycles. The number of nitriles is 1. The van der Waals surface area contributed by atoms with E-state index in [4.69, 9.17) is 10.00 Å². The van der Waals surface area contributed by atoms with Gasteiger partial charge in [-0.1, -0.05) is 13.0 Å². The summed E-state index contributed by atoms with van der Waals surface area (Å²) in [6.45, 7) is 2.09. The summed E-state index contributed by atoms with van der Waals surface area (Å²) in [6.07, 6.45) is 1.42. The zero-order chi connectivity index (χ0) is 9.68. The molecule has 0 aromatic heterocycles. The minimum absolute atomic E-state index is 0.449. The van der Waals surface area contributed by atoms with E-state index in [-0.39, 0.29) is 0 Å². The van der Waals surface area contributed by atoms with Crippen LogP contribution in [0.5, 0.6) is 5.75 Å². The van der Waals surface area contributed by atoms with Crippen molar-refractivity contribution >= 4 is 0 Å². The van der Waals surface area contributed by atoms with Gasteiger partial charge in [0.15, 0.2) is 0 Å². The molecule has 0 atom stereocenters. The third kappa shape index (κ3) is 2.48. The molecule has 2 nitrogen and oxygen atoms in total. The van der Waals surface area contributed by atoms with Crippen molar-refractivity contribution < 1.29 is 4.74 Å². The predicted molar refractivity (Wildman–Crippen MR) is 51.7 cm³/mol. The summed E-state index contributed by atoms with van der Waals surface area (Å²) in [4.78, 5) is 0. The highest BCUT2D eigenvalue weighted by atomic mass is 16.5. The lowest BCUT2D eigenvalue weighted by atomic mass is 10.1. The highest BCUT2D eigenvalue weighted by molar-refractivity contribution is 5.35. The number of hydrogen-bond donors (Lipinski definition) is 0. The molecule has 2 heteroatoms. The molecule has 0 aliphatic rings. The van der Waals surface area contributed by atoms with Gasteiger partial charge in [-0.15, -0.1) is 0 Å². The van der Waals surface area contributed by atoms with Crippen LogP contribution in [0, 0.1) is 11.3 Å². The Kier molecular flexibility index (Phi) is 3.33. The van der Waals surface area contributed by atoms with Crippen molar-refractivity contribution in [2.45, 2.75) is 19.8 Å². The first-order chi connectivity index (χ1) is 6.30. The number of benzene rings is 1. The maximum Gasteiger partial charge on any atom is 0.119 e. The summed E-state index contributed by atoms with van der Waals surface area (Å²) >= 11 is 0. The van der Waals surface area contributed by atoms with Crippen LogP contribution in [0.4, 0.5) is 0 Å². The van der Waals surface area contributed by atoms with Crippen molar-refractivity contribution in [3.8, 4) is 11.8 Å². The van der Waals surface area contributed by atoms with E-state index in [9.17, 15) is 0 Å². The molecule has 0 N–H and O–H groups in total. The Balaban J connectivity index is 3.01. The van der Waals surface area contributed by atoms with Gasteiger partial charge in [0.05, 0.1) is 19.6 Å². The first kappa shape index (κ1) is 9.60. The number of methoxy groups -OCH3 is 1. The van der Waals surface area contributed by atoms with Gasteiger partial charge in [-0.3, -0.25) is 0 Å². The Hall–Kier alpha value is -1.49. The van der Waals surface area contributed by atoms with Crippen molar-refractivity contribution in [3.05, 3.63) is 29.3 Å². The minimum Gasteiger partial charge on any atom is -0.497 e. The average molecular weight is 175 g/mol. The summed E-state index contributed by atoms with van der Waals surface area (Å²) < 4.78 is 5.13. The molecule has 0 saturated heterocycles. The number of aryl methyl sites for hydroxylation is 1. The van der Waals surface area contributed by atoms with Crippen LogP contribution in [0.3, 0.4) is 0 Å². The fraction of sp³-hybridized carbons (Fsp3) is 0.364. The quantitative estimate of drug-likeness (QED) is 0.706. The van der Waals surface area contributed by atoms with Crippen molar-refractivity contribution in [1.82, 2.24) is 0 Å². The van der Waals surface area contributed by atoms with Gasteiger partial charge < -0.3 is 4.74 Å². The van der Waals surface area contributed by atoms with Crippen LogP contribution in [0.15, 0.2) is 18.2 Å². The lowest BCUT2D eigenvalue weighted by Crippen LogP contribution is -1.90. The second kappa shape index (κ2) is 4.51. The molecule has 68 valence electrons. The average Bonchev–Trinajstić information content (AvgIpc) is 2.17. The number of ether oxygens (including phenoxy) is 1. The van der Waals surface area contributed by atoms with Crippen LogP contribution in [-0.2, 0) is 12.8 Å². The molecule has 0 saturated carbocycles. The Morgan fingerprint density at radius 1 is 1.31 bits per heavy atom. The van der Waals surface area contributed by atoms with E-state index in [2.05, 4.69) is 13.0 Å². The summed E-state index contributed by atoms with van der Waals surface area (Å²) in [7, 11) is 1.64. The van der Waals surface area contributed by atoms with Gasteiger partial charge in [0.2, 0.25) is 0 Å². The monoisotopic (exact) mass is 175 g/mol. The summed E-state index contributed by atoms with van der Waals surface area (Å²) in [6, 6.07) is 8.08. The first-order valence-electron chi connectivity index (χ1n) is 4.34. The summed E-state index contributed by atoms with van der Waals surface area (Å²) in [5.41, 5.74) is 2.24. The van der Waals surface area contributed by atoms with Gasteiger partial charge in [0, 0.05) is 0 Å². The fourth-order valence-corrected chi connectivity index (χ4v) is 1.24. The lowest BCUT2D eigenvalue weighted by molar-refractivity contribution is 0.414. The van der Waals surface area contributed by atoms with E-state index in [0.717, 1.165) is 17.7 Å². The first-order valence-corrected chi connectivity index (χ1v) is 4.34. The third-order valence-electron chi connectivity index (χ3n) is 1.95. The van der Waals surface area contributed by atoms with Crippen molar-refractivity contribution in [1.29, 1.82) is 5.26 Å². The van der Waals surface area contributed by atoms with Crippen LogP contribution < -0.4 is 4.74 Å². The van der Waals surface area contributed by atoms with E-state index in [1.165, 1.54) is 5.56 Å². The van der Waals surface area contributed by atoms with Crippen LogP contribution in [-0.4, -0.2) is 7.11 Å². The minimum atomic E-state index is 0.449. The molecule has 0 unspecified atom stereocenters. The van der Waals surface area contributed by atoms with Crippen LogP contribution in [0.2, 0.25) is 0 Å². The van der Waals surface area contributed by atoms with Crippen molar-refractivity contribution in [2.24, 2.45) is 0 Å². The van der Waals surface area contributed by atoms with E-state index >= 15 is 0 Å². The van der Waals surface area contributed by atoms with Crippen molar-refractivity contribution in [2.75, 3.05) is 7.11 Å². The zero-order valence-corrected chi connectivity index (χ0v) is 8.00. The van der Waals surface area contributed by atoms with Gasteiger partial charge in [0.1, 0.15) is 5.75 Å². The summed E-state index contributed by atoms with van der Waals surface area (Å²) in [5.74, 6) is 0.838. The molecule has 0 heterocycles. The second-order valence-corrected chi connectivity index (χ2v) is 2.88. The van der Waals surface area contributed by atoms with E-state index in [1.54, 1.807) is 7.11 Å². The zero-order valence-electron chi connectivity index (χ0n) is 8.00. The molecule has 0 aliphatic heterocycles. The molecule has 13 heavy (non-hydrogen) atoms. The Bertz CT molecular complexity index is 303. The highest BCUT2D eigenvalue weighted by Crippen LogP contribution is 2.17. The van der Waals surface area contributed by atoms with Gasteiger partial charge in [-0.05, 0) is 29.7 Å². The molecule has 0 bridgehead atoms. The number of hydrogen-bond acceptors (Lipinski definition) is 2. The molecule has 0 radical (unpaired) electrons. The van der Waals surface area contributed by atoms with Gasteiger partial charge >= 0.3 is 0 Å². The smallest absolute Gasteiger partial charge is 0.119 e. The number of rotatable bonds is 3. The normalized spacial score (nSPS) is 9.31. The molecule has 0 amide bonds. The van der Waals surface area contributed by atoms with Crippen molar-refractivity contribution in [3.63, 3.8) is 0 Å². The molecule has 1 aromatic carbocycles. The largest absolute Gasteiger partial charge is 0.497 e. The topological polar surface area (TPSA) is 33.0 Å².